The SMILES string of the molecule is O=C(NC12CC(C3(C(=O)Nc4ccc(F)cc4)COC3)(C1)C2)c1cccc(Cl)c1. The second-order valence-corrected chi connectivity index (χ2v) is 9.03. The molecule has 6 rings (SSSR count). The molecule has 2 amide bonds. The summed E-state index contributed by atoms with van der Waals surface area (Å²) in [6.45, 7) is 0.747. The molecule has 2 aromatic rings. The Bertz CT molecular complexity index is 984. The van der Waals surface area contributed by atoms with E-state index in [1.807, 2.05) is 0 Å². The summed E-state index contributed by atoms with van der Waals surface area (Å²) in [7, 11) is 0. The van der Waals surface area contributed by atoms with Crippen LogP contribution in [0.1, 0.15) is 29.6 Å². The van der Waals surface area contributed by atoms with Gasteiger partial charge in [0.05, 0.1) is 13.2 Å². The largest absolute Gasteiger partial charge is 0.379 e. The molecule has 29 heavy (non-hydrogen) atoms. The standard InChI is InChI=1S/C22H20ClFN2O3/c23-15-3-1-2-14(8-15)18(27)26-21-9-20(10-21,11-21)22(12-29-13-22)19(28)25-17-6-4-16(24)5-7-17/h1-8H,9-13H2,(H,25,28)(H,26,27). The summed E-state index contributed by atoms with van der Waals surface area (Å²) < 4.78 is 18.5. The fourth-order valence-corrected chi connectivity index (χ4v) is 5.33. The topological polar surface area (TPSA) is 67.4 Å². The van der Waals surface area contributed by atoms with Crippen molar-refractivity contribution >= 4 is 29.1 Å². The number of nitrogens with one attached hydrogen (secondary N) is 2. The highest BCUT2D eigenvalue weighted by Crippen LogP contribution is 2.75. The van der Waals surface area contributed by atoms with Crippen LogP contribution in [0.25, 0.3) is 0 Å². The summed E-state index contributed by atoms with van der Waals surface area (Å²) in [6.07, 6.45) is 2.27. The molecule has 7 heteroatoms. The Balaban J connectivity index is 1.26. The molecule has 2 aromatic carbocycles. The third-order valence-electron chi connectivity index (χ3n) is 6.74. The van der Waals surface area contributed by atoms with Crippen molar-refractivity contribution in [2.75, 3.05) is 18.5 Å². The Morgan fingerprint density at radius 3 is 2.31 bits per heavy atom. The van der Waals surface area contributed by atoms with E-state index >= 15 is 0 Å². The molecule has 0 radical (unpaired) electrons. The number of carbonyl (C=O) groups excluding carboxylic acids is 2. The van der Waals surface area contributed by atoms with Crippen LogP contribution in [0, 0.1) is 16.6 Å². The van der Waals surface area contributed by atoms with Crippen LogP contribution in [0.2, 0.25) is 5.02 Å². The normalized spacial score (nSPS) is 28.3. The van der Waals surface area contributed by atoms with Gasteiger partial charge in [0.2, 0.25) is 5.91 Å². The van der Waals surface area contributed by atoms with E-state index in [1.54, 1.807) is 36.4 Å². The summed E-state index contributed by atoms with van der Waals surface area (Å²) in [5.41, 5.74) is 0.101. The minimum atomic E-state index is -0.593. The zero-order chi connectivity index (χ0) is 20.3. The Morgan fingerprint density at radius 1 is 1.03 bits per heavy atom. The molecule has 3 aliphatic carbocycles. The maximum Gasteiger partial charge on any atom is 0.251 e. The summed E-state index contributed by atoms with van der Waals surface area (Å²) in [5.74, 6) is -0.582. The number of halogens is 2. The van der Waals surface area contributed by atoms with Gasteiger partial charge in [0.1, 0.15) is 11.2 Å². The maximum absolute atomic E-state index is 13.1. The van der Waals surface area contributed by atoms with E-state index in [2.05, 4.69) is 10.6 Å². The predicted molar refractivity (Wildman–Crippen MR) is 106 cm³/mol. The molecular weight excluding hydrogens is 395 g/mol. The molecule has 5 nitrogen and oxygen atoms in total. The lowest BCUT2D eigenvalue weighted by molar-refractivity contribution is -0.286. The van der Waals surface area contributed by atoms with Gasteiger partial charge in [-0.1, -0.05) is 17.7 Å². The minimum Gasteiger partial charge on any atom is -0.379 e. The van der Waals surface area contributed by atoms with Gasteiger partial charge in [-0.25, -0.2) is 4.39 Å². The molecule has 0 unspecified atom stereocenters. The molecule has 1 aliphatic heterocycles. The summed E-state index contributed by atoms with van der Waals surface area (Å²) in [4.78, 5) is 25.6. The Labute approximate surface area is 172 Å². The lowest BCUT2D eigenvalue weighted by atomic mass is 9.31. The second kappa shape index (κ2) is 6.28. The van der Waals surface area contributed by atoms with Crippen molar-refractivity contribution < 1.29 is 18.7 Å². The molecule has 1 heterocycles. The molecule has 2 bridgehead atoms. The monoisotopic (exact) mass is 414 g/mol. The third-order valence-corrected chi connectivity index (χ3v) is 6.98. The summed E-state index contributed by atoms with van der Waals surface area (Å²) >= 11 is 5.98. The number of anilines is 1. The average Bonchev–Trinajstić information content (AvgIpc) is 2.59. The van der Waals surface area contributed by atoms with E-state index < -0.39 is 5.41 Å². The summed E-state index contributed by atoms with van der Waals surface area (Å²) in [5, 5.41) is 6.56. The molecule has 4 aliphatic rings. The van der Waals surface area contributed by atoms with Crippen LogP contribution in [0.3, 0.4) is 0 Å². The van der Waals surface area contributed by atoms with Gasteiger partial charge in [-0.15, -0.1) is 0 Å². The maximum atomic E-state index is 13.1. The van der Waals surface area contributed by atoms with Crippen molar-refractivity contribution in [2.45, 2.75) is 24.8 Å². The van der Waals surface area contributed by atoms with E-state index in [-0.39, 0.29) is 28.6 Å². The lowest BCUT2D eigenvalue weighted by Gasteiger charge is -2.77. The first-order chi connectivity index (χ1) is 13.9. The number of hydrogen-bond donors (Lipinski definition) is 2. The van der Waals surface area contributed by atoms with Crippen molar-refractivity contribution in [3.63, 3.8) is 0 Å². The van der Waals surface area contributed by atoms with Gasteiger partial charge in [-0.05, 0) is 67.1 Å². The van der Waals surface area contributed by atoms with Crippen molar-refractivity contribution in [3.8, 4) is 0 Å². The van der Waals surface area contributed by atoms with Crippen molar-refractivity contribution in [1.29, 1.82) is 0 Å². The van der Waals surface area contributed by atoms with Gasteiger partial charge in [-0.2, -0.15) is 0 Å². The van der Waals surface area contributed by atoms with Crippen LogP contribution in [-0.4, -0.2) is 30.6 Å². The fourth-order valence-electron chi connectivity index (χ4n) is 5.14. The molecule has 0 aromatic heterocycles. The number of carbonyl (C=O) groups is 2. The van der Waals surface area contributed by atoms with Crippen LogP contribution in [-0.2, 0) is 9.53 Å². The van der Waals surface area contributed by atoms with Gasteiger partial charge in [0, 0.05) is 21.8 Å². The van der Waals surface area contributed by atoms with E-state index in [9.17, 15) is 14.0 Å². The van der Waals surface area contributed by atoms with Crippen LogP contribution < -0.4 is 10.6 Å². The smallest absolute Gasteiger partial charge is 0.251 e. The van der Waals surface area contributed by atoms with E-state index in [0.29, 0.717) is 29.5 Å². The summed E-state index contributed by atoms with van der Waals surface area (Å²) in [6, 6.07) is 12.6. The Morgan fingerprint density at radius 2 is 1.72 bits per heavy atom. The van der Waals surface area contributed by atoms with Crippen LogP contribution in [0.15, 0.2) is 48.5 Å². The fraction of sp³-hybridized carbons (Fsp3) is 0.364. The van der Waals surface area contributed by atoms with Crippen LogP contribution >= 0.6 is 11.6 Å². The number of benzene rings is 2. The molecule has 3 saturated carbocycles. The molecule has 2 N–H and O–H groups in total. The van der Waals surface area contributed by atoms with Crippen molar-refractivity contribution in [3.05, 3.63) is 64.9 Å². The number of rotatable bonds is 5. The van der Waals surface area contributed by atoms with Crippen molar-refractivity contribution in [1.82, 2.24) is 5.32 Å². The Kier molecular flexibility index (Phi) is 4.02. The molecule has 0 spiro atoms. The van der Waals surface area contributed by atoms with Gasteiger partial charge in [0.25, 0.3) is 5.91 Å². The van der Waals surface area contributed by atoms with Gasteiger partial charge >= 0.3 is 0 Å². The predicted octanol–water partition coefficient (Wildman–Crippen LogP) is 3.79. The first-order valence-corrected chi connectivity index (χ1v) is 9.96. The lowest BCUT2D eigenvalue weighted by Crippen LogP contribution is -2.83. The highest BCUT2D eigenvalue weighted by molar-refractivity contribution is 6.31. The Hall–Kier alpha value is -2.44. The highest BCUT2D eigenvalue weighted by Gasteiger charge is 2.79. The highest BCUT2D eigenvalue weighted by atomic mass is 35.5. The van der Waals surface area contributed by atoms with Crippen LogP contribution in [0.5, 0.6) is 0 Å². The van der Waals surface area contributed by atoms with Crippen LogP contribution in [0.4, 0.5) is 10.1 Å². The van der Waals surface area contributed by atoms with Gasteiger partial charge < -0.3 is 15.4 Å². The minimum absolute atomic E-state index is 0.0928. The average molecular weight is 415 g/mol. The van der Waals surface area contributed by atoms with Crippen molar-refractivity contribution in [2.24, 2.45) is 10.8 Å². The molecule has 150 valence electrons. The quantitative estimate of drug-likeness (QED) is 0.782. The zero-order valence-electron chi connectivity index (χ0n) is 15.6. The number of hydrogen-bond acceptors (Lipinski definition) is 3. The number of amides is 2. The number of ether oxygens (including phenoxy) is 1. The van der Waals surface area contributed by atoms with E-state index in [0.717, 1.165) is 19.3 Å². The van der Waals surface area contributed by atoms with E-state index in [4.69, 9.17) is 16.3 Å². The zero-order valence-corrected chi connectivity index (χ0v) is 16.4. The molecule has 1 saturated heterocycles. The molecule has 4 fully saturated rings. The second-order valence-electron chi connectivity index (χ2n) is 8.59. The molecular formula is C22H20ClFN2O3. The van der Waals surface area contributed by atoms with Gasteiger partial charge in [-0.3, -0.25) is 9.59 Å². The third kappa shape index (κ3) is 2.77. The first kappa shape index (κ1) is 18.6. The van der Waals surface area contributed by atoms with E-state index in [1.165, 1.54) is 12.1 Å². The van der Waals surface area contributed by atoms with Gasteiger partial charge in [0.15, 0.2) is 0 Å². The molecule has 0 atom stereocenters. The first-order valence-electron chi connectivity index (χ1n) is 9.58.